The lowest BCUT2D eigenvalue weighted by Crippen LogP contribution is -2.09. The first kappa shape index (κ1) is 17.7. The van der Waals surface area contributed by atoms with E-state index in [9.17, 15) is 0 Å². The summed E-state index contributed by atoms with van der Waals surface area (Å²) in [5.41, 5.74) is 4.78. The van der Waals surface area contributed by atoms with Crippen molar-refractivity contribution in [2.24, 2.45) is 0 Å². The summed E-state index contributed by atoms with van der Waals surface area (Å²) in [4.78, 5) is 8.84. The molecule has 0 saturated carbocycles. The summed E-state index contributed by atoms with van der Waals surface area (Å²) >= 11 is 0. The van der Waals surface area contributed by atoms with Crippen LogP contribution in [0.4, 0.5) is 17.5 Å². The average Bonchev–Trinajstić information content (AvgIpc) is 2.66. The third-order valence-corrected chi connectivity index (χ3v) is 4.38. The number of rotatable bonds is 7. The first-order valence-electron chi connectivity index (χ1n) is 8.69. The Hall–Kier alpha value is -3.08. The number of aryl methyl sites for hydroxylation is 1. The predicted octanol–water partition coefficient (Wildman–Crippen LogP) is 4.50. The summed E-state index contributed by atoms with van der Waals surface area (Å²) in [5.74, 6) is 2.27. The third-order valence-electron chi connectivity index (χ3n) is 4.38. The molecule has 2 aromatic carbocycles. The zero-order chi connectivity index (χ0) is 18.4. The van der Waals surface area contributed by atoms with Gasteiger partial charge in [0.1, 0.15) is 11.6 Å². The molecule has 1 heterocycles. The van der Waals surface area contributed by atoms with Gasteiger partial charge in [-0.1, -0.05) is 24.3 Å². The second-order valence-electron chi connectivity index (χ2n) is 6.16. The fourth-order valence-electron chi connectivity index (χ4n) is 2.65. The van der Waals surface area contributed by atoms with Gasteiger partial charge in [0.15, 0.2) is 0 Å². The summed E-state index contributed by atoms with van der Waals surface area (Å²) < 4.78 is 5.18. The molecule has 26 heavy (non-hydrogen) atoms. The standard InChI is InChI=1S/C21H24N4O/c1-15-5-4-6-19(16(15)2)24-20-12-14-23-21(25-20)22-13-11-17-7-9-18(26-3)10-8-17/h4-10,12,14H,11,13H2,1-3H3,(H2,22,23,24,25). The van der Waals surface area contributed by atoms with Crippen LogP contribution in [-0.2, 0) is 6.42 Å². The smallest absolute Gasteiger partial charge is 0.224 e. The van der Waals surface area contributed by atoms with Crippen molar-refractivity contribution in [3.05, 3.63) is 71.4 Å². The lowest BCUT2D eigenvalue weighted by atomic mass is 10.1. The molecule has 3 rings (SSSR count). The van der Waals surface area contributed by atoms with Crippen LogP contribution in [0.3, 0.4) is 0 Å². The quantitative estimate of drug-likeness (QED) is 0.658. The van der Waals surface area contributed by atoms with E-state index in [2.05, 4.69) is 58.7 Å². The van der Waals surface area contributed by atoms with Crippen molar-refractivity contribution in [1.82, 2.24) is 9.97 Å². The molecule has 1 aromatic heterocycles. The molecule has 0 radical (unpaired) electrons. The van der Waals surface area contributed by atoms with Crippen molar-refractivity contribution in [3.63, 3.8) is 0 Å². The van der Waals surface area contributed by atoms with E-state index < -0.39 is 0 Å². The van der Waals surface area contributed by atoms with E-state index in [0.717, 1.165) is 30.2 Å². The molecule has 0 aliphatic carbocycles. The summed E-state index contributed by atoms with van der Waals surface area (Å²) in [5, 5.41) is 6.65. The topological polar surface area (TPSA) is 59.1 Å². The van der Waals surface area contributed by atoms with Gasteiger partial charge in [-0.25, -0.2) is 4.98 Å². The fourth-order valence-corrected chi connectivity index (χ4v) is 2.65. The Bertz CT molecular complexity index is 862. The monoisotopic (exact) mass is 348 g/mol. The van der Waals surface area contributed by atoms with E-state index in [0.29, 0.717) is 5.95 Å². The van der Waals surface area contributed by atoms with E-state index in [-0.39, 0.29) is 0 Å². The van der Waals surface area contributed by atoms with Gasteiger partial charge in [-0.05, 0) is 61.2 Å². The lowest BCUT2D eigenvalue weighted by molar-refractivity contribution is 0.414. The minimum absolute atomic E-state index is 0.619. The number of hydrogen-bond donors (Lipinski definition) is 2. The van der Waals surface area contributed by atoms with Gasteiger partial charge < -0.3 is 15.4 Å². The average molecular weight is 348 g/mol. The molecular formula is C21H24N4O. The number of ether oxygens (including phenoxy) is 1. The minimum atomic E-state index is 0.619. The van der Waals surface area contributed by atoms with Crippen molar-refractivity contribution in [1.29, 1.82) is 0 Å². The Balaban J connectivity index is 1.59. The molecule has 0 atom stereocenters. The minimum Gasteiger partial charge on any atom is -0.497 e. The van der Waals surface area contributed by atoms with E-state index in [1.807, 2.05) is 24.3 Å². The van der Waals surface area contributed by atoms with Gasteiger partial charge in [0.05, 0.1) is 7.11 Å². The zero-order valence-electron chi connectivity index (χ0n) is 15.4. The van der Waals surface area contributed by atoms with E-state index in [1.54, 1.807) is 13.3 Å². The Labute approximate surface area is 154 Å². The van der Waals surface area contributed by atoms with Gasteiger partial charge in [0.25, 0.3) is 0 Å². The number of nitrogens with zero attached hydrogens (tertiary/aromatic N) is 2. The van der Waals surface area contributed by atoms with Crippen LogP contribution in [-0.4, -0.2) is 23.6 Å². The molecule has 0 amide bonds. The zero-order valence-corrected chi connectivity index (χ0v) is 15.4. The van der Waals surface area contributed by atoms with Gasteiger partial charge in [-0.15, -0.1) is 0 Å². The number of nitrogens with one attached hydrogen (secondary N) is 2. The first-order valence-corrected chi connectivity index (χ1v) is 8.69. The molecule has 0 aliphatic heterocycles. The molecule has 0 saturated heterocycles. The van der Waals surface area contributed by atoms with Crippen molar-refractivity contribution in [3.8, 4) is 5.75 Å². The molecule has 0 unspecified atom stereocenters. The Morgan fingerprint density at radius 3 is 2.58 bits per heavy atom. The molecule has 0 spiro atoms. The van der Waals surface area contributed by atoms with Crippen LogP contribution in [0.25, 0.3) is 0 Å². The number of anilines is 3. The van der Waals surface area contributed by atoms with E-state index in [4.69, 9.17) is 4.74 Å². The largest absolute Gasteiger partial charge is 0.497 e. The normalized spacial score (nSPS) is 10.4. The SMILES string of the molecule is COc1ccc(CCNc2nccc(Nc3cccc(C)c3C)n2)cc1. The summed E-state index contributed by atoms with van der Waals surface area (Å²) in [6, 6.07) is 16.2. The van der Waals surface area contributed by atoms with Crippen LogP contribution in [0.5, 0.6) is 5.75 Å². The number of methoxy groups -OCH3 is 1. The third kappa shape index (κ3) is 4.51. The molecule has 0 fully saturated rings. The summed E-state index contributed by atoms with van der Waals surface area (Å²) in [6.07, 6.45) is 2.65. The maximum atomic E-state index is 5.18. The maximum absolute atomic E-state index is 5.18. The van der Waals surface area contributed by atoms with Gasteiger partial charge >= 0.3 is 0 Å². The molecule has 5 nitrogen and oxygen atoms in total. The van der Waals surface area contributed by atoms with Gasteiger partial charge in [-0.3, -0.25) is 0 Å². The molecule has 134 valence electrons. The fraction of sp³-hybridized carbons (Fsp3) is 0.238. The molecule has 3 aromatic rings. The Morgan fingerprint density at radius 2 is 1.81 bits per heavy atom. The van der Waals surface area contributed by atoms with Crippen LogP contribution >= 0.6 is 0 Å². The first-order chi connectivity index (χ1) is 12.7. The highest BCUT2D eigenvalue weighted by Gasteiger charge is 2.04. The maximum Gasteiger partial charge on any atom is 0.224 e. The molecule has 2 N–H and O–H groups in total. The second kappa shape index (κ2) is 8.34. The van der Waals surface area contributed by atoms with Crippen molar-refractivity contribution < 1.29 is 4.74 Å². The molecule has 0 aliphatic rings. The highest BCUT2D eigenvalue weighted by molar-refractivity contribution is 5.62. The molecule has 0 bridgehead atoms. The van der Waals surface area contributed by atoms with Crippen LogP contribution in [0.15, 0.2) is 54.7 Å². The van der Waals surface area contributed by atoms with Gasteiger partial charge in [0, 0.05) is 18.4 Å². The Kier molecular flexibility index (Phi) is 5.69. The highest BCUT2D eigenvalue weighted by Crippen LogP contribution is 2.22. The number of hydrogen-bond acceptors (Lipinski definition) is 5. The van der Waals surface area contributed by atoms with Crippen LogP contribution < -0.4 is 15.4 Å². The summed E-state index contributed by atoms with van der Waals surface area (Å²) in [7, 11) is 1.67. The van der Waals surface area contributed by atoms with E-state index in [1.165, 1.54) is 16.7 Å². The number of benzene rings is 2. The van der Waals surface area contributed by atoms with Crippen LogP contribution in [0.1, 0.15) is 16.7 Å². The second-order valence-corrected chi connectivity index (χ2v) is 6.16. The predicted molar refractivity (Wildman–Crippen MR) is 106 cm³/mol. The van der Waals surface area contributed by atoms with Crippen molar-refractivity contribution >= 4 is 17.5 Å². The highest BCUT2D eigenvalue weighted by atomic mass is 16.5. The lowest BCUT2D eigenvalue weighted by Gasteiger charge is -2.12. The van der Waals surface area contributed by atoms with Gasteiger partial charge in [-0.2, -0.15) is 4.98 Å². The van der Waals surface area contributed by atoms with Gasteiger partial charge in [0.2, 0.25) is 5.95 Å². The number of aromatic nitrogens is 2. The molecule has 5 heteroatoms. The Morgan fingerprint density at radius 1 is 1.00 bits per heavy atom. The summed E-state index contributed by atoms with van der Waals surface area (Å²) in [6.45, 7) is 4.97. The van der Waals surface area contributed by atoms with Crippen molar-refractivity contribution in [2.45, 2.75) is 20.3 Å². The molecular weight excluding hydrogens is 324 g/mol. The van der Waals surface area contributed by atoms with Crippen molar-refractivity contribution in [2.75, 3.05) is 24.3 Å². The van der Waals surface area contributed by atoms with Crippen LogP contribution in [0, 0.1) is 13.8 Å². The van der Waals surface area contributed by atoms with Crippen LogP contribution in [0.2, 0.25) is 0 Å². The van der Waals surface area contributed by atoms with E-state index >= 15 is 0 Å².